The van der Waals surface area contributed by atoms with Crippen LogP contribution in [0.5, 0.6) is 5.75 Å². The molecule has 3 rings (SSSR count). The molecular weight excluding hydrogens is 424 g/mol. The lowest BCUT2D eigenvalue weighted by Crippen LogP contribution is -2.37. The van der Waals surface area contributed by atoms with Gasteiger partial charge in [0.25, 0.3) is 10.0 Å². The van der Waals surface area contributed by atoms with Crippen LogP contribution in [0.15, 0.2) is 41.3 Å². The Morgan fingerprint density at radius 3 is 2.61 bits per heavy atom. The average Bonchev–Trinajstić information content (AvgIpc) is 2.64. The maximum Gasteiger partial charge on any atom is 0.265 e. The largest absolute Gasteiger partial charge is 0.495 e. The molecule has 0 aromatic heterocycles. The molecule has 1 N–H and O–H groups in total. The van der Waals surface area contributed by atoms with Gasteiger partial charge in [-0.2, -0.15) is 0 Å². The van der Waals surface area contributed by atoms with Gasteiger partial charge in [-0.15, -0.1) is 0 Å². The van der Waals surface area contributed by atoms with Gasteiger partial charge in [-0.3, -0.25) is 9.03 Å². The van der Waals surface area contributed by atoms with Crippen LogP contribution >= 0.6 is 11.6 Å². The molecule has 1 fully saturated rings. The number of benzene rings is 2. The van der Waals surface area contributed by atoms with Crippen molar-refractivity contribution in [1.82, 2.24) is 0 Å². The second kappa shape index (κ2) is 7.81. The van der Waals surface area contributed by atoms with Gasteiger partial charge in [0.2, 0.25) is 10.0 Å². The van der Waals surface area contributed by atoms with Crippen molar-refractivity contribution in [2.45, 2.75) is 24.7 Å². The SMILES string of the molecule is COc1ccc(N2CCCCS2(=O)=O)cc1S(=O)(=O)Nc1cccc(Cl)c1C. The maximum absolute atomic E-state index is 13.0. The topological polar surface area (TPSA) is 92.8 Å². The Morgan fingerprint density at radius 1 is 1.18 bits per heavy atom. The molecule has 1 saturated heterocycles. The fourth-order valence-corrected chi connectivity index (χ4v) is 6.15. The van der Waals surface area contributed by atoms with Crippen molar-refractivity contribution in [1.29, 1.82) is 0 Å². The van der Waals surface area contributed by atoms with Crippen LogP contribution in [0, 0.1) is 6.92 Å². The number of sulfonamides is 2. The molecule has 0 bridgehead atoms. The summed E-state index contributed by atoms with van der Waals surface area (Å²) in [5.74, 6) is 0.159. The molecule has 152 valence electrons. The van der Waals surface area contributed by atoms with Gasteiger partial charge in [0.1, 0.15) is 10.6 Å². The Hall–Kier alpha value is -1.97. The van der Waals surface area contributed by atoms with Crippen molar-refractivity contribution in [3.8, 4) is 5.75 Å². The molecule has 28 heavy (non-hydrogen) atoms. The van der Waals surface area contributed by atoms with Crippen molar-refractivity contribution >= 4 is 43.0 Å². The van der Waals surface area contributed by atoms with Crippen molar-refractivity contribution in [2.24, 2.45) is 0 Å². The molecule has 0 aliphatic carbocycles. The predicted octanol–water partition coefficient (Wildman–Crippen LogP) is 3.39. The van der Waals surface area contributed by atoms with Gasteiger partial charge >= 0.3 is 0 Å². The number of ether oxygens (including phenoxy) is 1. The summed E-state index contributed by atoms with van der Waals surface area (Å²) in [4.78, 5) is -0.146. The van der Waals surface area contributed by atoms with Crippen LogP contribution in [0.2, 0.25) is 5.02 Å². The number of hydrogen-bond donors (Lipinski definition) is 1. The van der Waals surface area contributed by atoms with Crippen LogP contribution in [-0.4, -0.2) is 36.2 Å². The number of halogens is 1. The van der Waals surface area contributed by atoms with Gasteiger partial charge in [-0.25, -0.2) is 16.8 Å². The average molecular weight is 445 g/mol. The number of nitrogens with one attached hydrogen (secondary N) is 1. The van der Waals surface area contributed by atoms with Crippen molar-refractivity contribution in [2.75, 3.05) is 28.4 Å². The number of nitrogens with zero attached hydrogens (tertiary/aromatic N) is 1. The second-order valence-electron chi connectivity index (χ2n) is 6.45. The van der Waals surface area contributed by atoms with E-state index >= 15 is 0 Å². The standard InChI is InChI=1S/C18H21ClN2O5S2/c1-13-15(19)6-5-7-16(13)20-28(24,25)18-12-14(8-9-17(18)26-2)21-10-3-4-11-27(21,22)23/h5-9,12,20H,3-4,10-11H2,1-2H3. The highest BCUT2D eigenvalue weighted by Crippen LogP contribution is 2.33. The summed E-state index contributed by atoms with van der Waals surface area (Å²) in [7, 11) is -6.16. The summed E-state index contributed by atoms with van der Waals surface area (Å²) in [6, 6.07) is 9.23. The van der Waals surface area contributed by atoms with E-state index in [9.17, 15) is 16.8 Å². The van der Waals surface area contributed by atoms with Gasteiger partial charge in [0, 0.05) is 11.6 Å². The first kappa shape index (κ1) is 20.8. The maximum atomic E-state index is 13.0. The normalized spacial score (nSPS) is 16.6. The molecule has 10 heteroatoms. The van der Waals surface area contributed by atoms with Gasteiger partial charge in [0.15, 0.2) is 0 Å². The molecule has 2 aromatic rings. The van der Waals surface area contributed by atoms with E-state index in [4.69, 9.17) is 16.3 Å². The van der Waals surface area contributed by atoms with E-state index in [0.29, 0.717) is 41.3 Å². The molecule has 1 aliphatic rings. The van der Waals surface area contributed by atoms with Crippen molar-refractivity contribution in [3.63, 3.8) is 0 Å². The van der Waals surface area contributed by atoms with Crippen LogP contribution < -0.4 is 13.8 Å². The predicted molar refractivity (Wildman–Crippen MR) is 110 cm³/mol. The monoisotopic (exact) mass is 444 g/mol. The summed E-state index contributed by atoms with van der Waals surface area (Å²) in [5, 5.41) is 0.431. The van der Waals surface area contributed by atoms with Gasteiger partial charge < -0.3 is 4.74 Å². The third-order valence-electron chi connectivity index (χ3n) is 4.59. The summed E-state index contributed by atoms with van der Waals surface area (Å²) in [6.07, 6.45) is 1.31. The van der Waals surface area contributed by atoms with E-state index in [1.54, 1.807) is 31.2 Å². The smallest absolute Gasteiger partial charge is 0.265 e. The van der Waals surface area contributed by atoms with Crippen molar-refractivity contribution in [3.05, 3.63) is 47.0 Å². The first-order valence-corrected chi connectivity index (χ1v) is 12.1. The van der Waals surface area contributed by atoms with Crippen molar-refractivity contribution < 1.29 is 21.6 Å². The molecule has 7 nitrogen and oxygen atoms in total. The minimum absolute atomic E-state index is 0.0427. The molecule has 0 saturated carbocycles. The van der Waals surface area contributed by atoms with Crippen LogP contribution in [-0.2, 0) is 20.0 Å². The second-order valence-corrected chi connectivity index (χ2v) is 10.5. The van der Waals surface area contributed by atoms with Gasteiger partial charge in [-0.05, 0) is 55.7 Å². The molecule has 0 unspecified atom stereocenters. The highest BCUT2D eigenvalue weighted by Gasteiger charge is 2.29. The summed E-state index contributed by atoms with van der Waals surface area (Å²) >= 11 is 6.07. The third kappa shape index (κ3) is 4.06. The minimum atomic E-state index is -4.05. The lowest BCUT2D eigenvalue weighted by Gasteiger charge is -2.28. The molecule has 0 atom stereocenters. The molecule has 0 amide bonds. The quantitative estimate of drug-likeness (QED) is 0.763. The fraction of sp³-hybridized carbons (Fsp3) is 0.333. The Balaban J connectivity index is 2.05. The molecular formula is C18H21ClN2O5S2. The lowest BCUT2D eigenvalue weighted by atomic mass is 10.2. The number of anilines is 2. The zero-order chi connectivity index (χ0) is 20.5. The highest BCUT2D eigenvalue weighted by atomic mass is 35.5. The Labute approximate surface area is 170 Å². The van der Waals surface area contributed by atoms with Crippen LogP contribution in [0.4, 0.5) is 11.4 Å². The fourth-order valence-electron chi connectivity index (χ4n) is 3.03. The minimum Gasteiger partial charge on any atom is -0.495 e. The lowest BCUT2D eigenvalue weighted by molar-refractivity contribution is 0.403. The first-order chi connectivity index (χ1) is 13.2. The van der Waals surface area contributed by atoms with E-state index in [2.05, 4.69) is 4.72 Å². The molecule has 0 spiro atoms. The molecule has 1 heterocycles. The molecule has 1 aliphatic heterocycles. The van der Waals surface area contributed by atoms with E-state index in [1.165, 1.54) is 23.5 Å². The molecule has 2 aromatic carbocycles. The van der Waals surface area contributed by atoms with E-state index in [1.807, 2.05) is 0 Å². The van der Waals surface area contributed by atoms with Crippen LogP contribution in [0.3, 0.4) is 0 Å². The van der Waals surface area contributed by atoms with E-state index < -0.39 is 20.0 Å². The Kier molecular flexibility index (Phi) is 5.79. The third-order valence-corrected chi connectivity index (χ3v) is 8.25. The number of rotatable bonds is 5. The number of methoxy groups -OCH3 is 1. The summed E-state index contributed by atoms with van der Waals surface area (Å²) in [6.45, 7) is 2.02. The zero-order valence-corrected chi connectivity index (χ0v) is 17.9. The first-order valence-electron chi connectivity index (χ1n) is 8.62. The zero-order valence-electron chi connectivity index (χ0n) is 15.5. The Bertz CT molecular complexity index is 1100. The highest BCUT2D eigenvalue weighted by molar-refractivity contribution is 7.93. The van der Waals surface area contributed by atoms with Crippen LogP contribution in [0.1, 0.15) is 18.4 Å². The van der Waals surface area contributed by atoms with Crippen LogP contribution in [0.25, 0.3) is 0 Å². The number of hydrogen-bond acceptors (Lipinski definition) is 5. The Morgan fingerprint density at radius 2 is 1.93 bits per heavy atom. The van der Waals surface area contributed by atoms with E-state index in [0.717, 1.165) is 0 Å². The van der Waals surface area contributed by atoms with Gasteiger partial charge in [-0.1, -0.05) is 17.7 Å². The summed E-state index contributed by atoms with van der Waals surface area (Å²) in [5.41, 5.74) is 1.22. The van der Waals surface area contributed by atoms with Gasteiger partial charge in [0.05, 0.1) is 24.2 Å². The van der Waals surface area contributed by atoms with E-state index in [-0.39, 0.29) is 16.4 Å². The summed E-state index contributed by atoms with van der Waals surface area (Å²) < 4.78 is 59.8. The molecule has 0 radical (unpaired) electrons.